The SMILES string of the molecule is CC1=CC(C)(Cc2cc(C(C)(C)C)cc(C(C)(C)C)c2O)C(C)=CC1(C)Cc1cc(C(C)(C)C)cc(C(C)(C)C)c1O. The van der Waals surface area contributed by atoms with Gasteiger partial charge in [0.15, 0.2) is 0 Å². The molecule has 1 aliphatic carbocycles. The normalized spacial score (nSPS) is 22.2. The third-order valence-corrected chi connectivity index (χ3v) is 9.71. The van der Waals surface area contributed by atoms with Crippen molar-refractivity contribution in [1.82, 2.24) is 0 Å². The van der Waals surface area contributed by atoms with Gasteiger partial charge in [0, 0.05) is 10.8 Å². The summed E-state index contributed by atoms with van der Waals surface area (Å²) in [4.78, 5) is 0. The Labute approximate surface area is 258 Å². The molecule has 0 bridgehead atoms. The van der Waals surface area contributed by atoms with Crippen LogP contribution in [0.5, 0.6) is 11.5 Å². The maximum Gasteiger partial charge on any atom is 0.122 e. The monoisotopic (exact) mass is 572 g/mol. The molecule has 2 unspecified atom stereocenters. The Morgan fingerprint density at radius 3 is 1.02 bits per heavy atom. The molecule has 3 rings (SSSR count). The predicted octanol–water partition coefficient (Wildman–Crippen LogP) is 11.0. The average Bonchev–Trinajstić information content (AvgIpc) is 2.77. The molecule has 0 amide bonds. The van der Waals surface area contributed by atoms with Crippen molar-refractivity contribution in [1.29, 1.82) is 0 Å². The molecule has 0 heterocycles. The van der Waals surface area contributed by atoms with Crippen LogP contribution in [0.15, 0.2) is 47.6 Å². The molecule has 0 saturated carbocycles. The zero-order valence-electron chi connectivity index (χ0n) is 29.8. The fourth-order valence-corrected chi connectivity index (χ4v) is 6.35. The molecule has 42 heavy (non-hydrogen) atoms. The molecule has 1 aliphatic rings. The van der Waals surface area contributed by atoms with Crippen LogP contribution < -0.4 is 0 Å². The summed E-state index contributed by atoms with van der Waals surface area (Å²) in [5.41, 5.74) is 8.40. The van der Waals surface area contributed by atoms with Crippen molar-refractivity contribution in [3.05, 3.63) is 80.9 Å². The van der Waals surface area contributed by atoms with Gasteiger partial charge in [-0.3, -0.25) is 0 Å². The van der Waals surface area contributed by atoms with Gasteiger partial charge in [0.25, 0.3) is 0 Å². The zero-order chi connectivity index (χ0) is 32.4. The van der Waals surface area contributed by atoms with Gasteiger partial charge in [-0.1, -0.05) is 144 Å². The van der Waals surface area contributed by atoms with Crippen LogP contribution in [0.25, 0.3) is 0 Å². The van der Waals surface area contributed by atoms with Crippen LogP contribution in [0.4, 0.5) is 0 Å². The standard InChI is InChI=1S/C40H60O2/c1-25-21-40(16,24-28-18-30(36(6,7)8)20-32(34(28)42)38(12,13)14)26(2)22-39(25,15)23-27-17-29(35(3,4)5)19-31(33(27)41)37(9,10)11/h17-22,41-42H,23-24H2,1-16H3. The number of phenols is 2. The second kappa shape index (κ2) is 10.6. The van der Waals surface area contributed by atoms with Gasteiger partial charge in [0.05, 0.1) is 0 Å². The molecule has 0 saturated heterocycles. The van der Waals surface area contributed by atoms with Crippen molar-refractivity contribution in [2.75, 3.05) is 0 Å². The minimum atomic E-state index is -0.224. The highest BCUT2D eigenvalue weighted by atomic mass is 16.3. The predicted molar refractivity (Wildman–Crippen MR) is 182 cm³/mol. The van der Waals surface area contributed by atoms with E-state index in [4.69, 9.17) is 0 Å². The largest absolute Gasteiger partial charge is 0.507 e. The van der Waals surface area contributed by atoms with E-state index in [0.29, 0.717) is 11.5 Å². The van der Waals surface area contributed by atoms with Crippen molar-refractivity contribution >= 4 is 0 Å². The summed E-state index contributed by atoms with van der Waals surface area (Å²) in [5.74, 6) is 0.866. The van der Waals surface area contributed by atoms with Crippen LogP contribution >= 0.6 is 0 Å². The van der Waals surface area contributed by atoms with E-state index in [0.717, 1.165) is 35.1 Å². The Kier molecular flexibility index (Phi) is 8.59. The molecule has 2 heteroatoms. The Morgan fingerprint density at radius 2 is 0.786 bits per heavy atom. The average molecular weight is 573 g/mol. The quantitative estimate of drug-likeness (QED) is 0.358. The first-order chi connectivity index (χ1) is 18.7. The summed E-state index contributed by atoms with van der Waals surface area (Å²) in [6, 6.07) is 8.86. The molecule has 2 atom stereocenters. The molecule has 2 aromatic rings. The highest BCUT2D eigenvalue weighted by Crippen LogP contribution is 2.50. The summed E-state index contributed by atoms with van der Waals surface area (Å²) in [5, 5.41) is 23.1. The third-order valence-electron chi connectivity index (χ3n) is 9.71. The van der Waals surface area contributed by atoms with Crippen LogP contribution in [-0.4, -0.2) is 10.2 Å². The minimum Gasteiger partial charge on any atom is -0.507 e. The van der Waals surface area contributed by atoms with Gasteiger partial charge >= 0.3 is 0 Å². The number of allylic oxidation sites excluding steroid dienone is 4. The van der Waals surface area contributed by atoms with Gasteiger partial charge < -0.3 is 10.2 Å². The number of aromatic hydroxyl groups is 2. The van der Waals surface area contributed by atoms with E-state index in [9.17, 15) is 10.2 Å². The molecular formula is C40H60O2. The van der Waals surface area contributed by atoms with E-state index in [1.165, 1.54) is 22.3 Å². The molecule has 232 valence electrons. The lowest BCUT2D eigenvalue weighted by Gasteiger charge is -2.41. The van der Waals surface area contributed by atoms with Crippen molar-refractivity contribution in [3.8, 4) is 11.5 Å². The molecule has 2 aromatic carbocycles. The highest BCUT2D eigenvalue weighted by Gasteiger charge is 2.38. The van der Waals surface area contributed by atoms with Crippen molar-refractivity contribution in [2.45, 2.75) is 145 Å². The van der Waals surface area contributed by atoms with Crippen LogP contribution in [0.2, 0.25) is 0 Å². The van der Waals surface area contributed by atoms with Crippen molar-refractivity contribution < 1.29 is 10.2 Å². The zero-order valence-corrected chi connectivity index (χ0v) is 29.8. The summed E-state index contributed by atoms with van der Waals surface area (Å²) >= 11 is 0. The van der Waals surface area contributed by atoms with Crippen LogP contribution in [0.3, 0.4) is 0 Å². The first kappa shape index (κ1) is 34.0. The molecule has 0 fully saturated rings. The van der Waals surface area contributed by atoms with Gasteiger partial charge in [-0.05, 0) is 81.7 Å². The molecule has 0 spiro atoms. The van der Waals surface area contributed by atoms with Crippen molar-refractivity contribution in [3.63, 3.8) is 0 Å². The summed E-state index contributed by atoms with van der Waals surface area (Å²) in [6.07, 6.45) is 6.33. The van der Waals surface area contributed by atoms with Crippen LogP contribution in [-0.2, 0) is 34.5 Å². The highest BCUT2D eigenvalue weighted by molar-refractivity contribution is 5.52. The Hall–Kier alpha value is -2.48. The third kappa shape index (κ3) is 6.84. The maximum absolute atomic E-state index is 11.6. The lowest BCUT2D eigenvalue weighted by molar-refractivity contribution is 0.393. The second-order valence-corrected chi connectivity index (χ2v) is 17.9. The molecule has 0 aliphatic heterocycles. The molecular weight excluding hydrogens is 512 g/mol. The first-order valence-electron chi connectivity index (χ1n) is 15.8. The summed E-state index contributed by atoms with van der Waals surface area (Å²) in [7, 11) is 0. The molecule has 2 nitrogen and oxygen atoms in total. The smallest absolute Gasteiger partial charge is 0.122 e. The summed E-state index contributed by atoms with van der Waals surface area (Å²) < 4.78 is 0. The number of hydrogen-bond donors (Lipinski definition) is 2. The Balaban J connectivity index is 2.10. The van der Waals surface area contributed by atoms with Gasteiger partial charge in [0.1, 0.15) is 11.5 Å². The van der Waals surface area contributed by atoms with E-state index >= 15 is 0 Å². The molecule has 0 radical (unpaired) electrons. The molecule has 2 N–H and O–H groups in total. The second-order valence-electron chi connectivity index (χ2n) is 17.9. The van der Waals surface area contributed by atoms with Crippen LogP contribution in [0, 0.1) is 10.8 Å². The fourth-order valence-electron chi connectivity index (χ4n) is 6.35. The lowest BCUT2D eigenvalue weighted by atomic mass is 9.63. The molecule has 0 aromatic heterocycles. The van der Waals surface area contributed by atoms with E-state index in [1.54, 1.807) is 0 Å². The van der Waals surface area contributed by atoms with Crippen molar-refractivity contribution in [2.24, 2.45) is 10.8 Å². The Morgan fingerprint density at radius 1 is 0.500 bits per heavy atom. The van der Waals surface area contributed by atoms with E-state index in [-0.39, 0.29) is 32.5 Å². The van der Waals surface area contributed by atoms with Gasteiger partial charge in [0.2, 0.25) is 0 Å². The summed E-state index contributed by atoms with van der Waals surface area (Å²) in [6.45, 7) is 35.6. The number of hydrogen-bond acceptors (Lipinski definition) is 2. The van der Waals surface area contributed by atoms with Gasteiger partial charge in [-0.15, -0.1) is 0 Å². The number of phenolic OH excluding ortho intramolecular Hbond substituents is 2. The van der Waals surface area contributed by atoms with E-state index < -0.39 is 0 Å². The number of rotatable bonds is 4. The number of benzene rings is 2. The van der Waals surface area contributed by atoms with E-state index in [1.807, 2.05) is 0 Å². The van der Waals surface area contributed by atoms with Crippen LogP contribution in [0.1, 0.15) is 144 Å². The Bertz CT molecular complexity index is 1300. The fraction of sp³-hybridized carbons (Fsp3) is 0.600. The lowest BCUT2D eigenvalue weighted by Crippen LogP contribution is -2.31. The topological polar surface area (TPSA) is 40.5 Å². The van der Waals surface area contributed by atoms with Gasteiger partial charge in [-0.2, -0.15) is 0 Å². The first-order valence-corrected chi connectivity index (χ1v) is 15.8. The van der Waals surface area contributed by atoms with Gasteiger partial charge in [-0.25, -0.2) is 0 Å². The maximum atomic E-state index is 11.6. The van der Waals surface area contributed by atoms with E-state index in [2.05, 4.69) is 147 Å². The minimum absolute atomic E-state index is 0.0133.